The summed E-state index contributed by atoms with van der Waals surface area (Å²) in [5, 5.41) is 0. The van der Waals surface area contributed by atoms with Crippen LogP contribution in [0.15, 0.2) is 53.4 Å². The molecule has 1 N–H and O–H groups in total. The summed E-state index contributed by atoms with van der Waals surface area (Å²) in [5.74, 6) is -0.498. The molecule has 1 amide bonds. The van der Waals surface area contributed by atoms with Crippen molar-refractivity contribution < 1.29 is 37.0 Å². The van der Waals surface area contributed by atoms with Gasteiger partial charge in [0.2, 0.25) is 0 Å². The number of hydrogen-bond acceptors (Lipinski definition) is 8. The average molecular weight is 486 g/mol. The molecule has 0 saturated carbocycles. The van der Waals surface area contributed by atoms with E-state index in [9.17, 15) is 18.0 Å². The Hall–Kier alpha value is -2.66. The molecule has 0 radical (unpaired) electrons. The first kappa shape index (κ1) is 25.6. The molecule has 0 aliphatic carbocycles. The van der Waals surface area contributed by atoms with Crippen LogP contribution >= 0.6 is 11.6 Å². The largest absolute Gasteiger partial charge is 0.491 e. The molecule has 2 aromatic carbocycles. The van der Waals surface area contributed by atoms with Crippen LogP contribution in [0.5, 0.6) is 5.75 Å². The smallest absolute Gasteiger partial charge is 0.337 e. The molecule has 0 bridgehead atoms. The Kier molecular flexibility index (Phi) is 10.4. The lowest BCUT2D eigenvalue weighted by Crippen LogP contribution is -2.30. The van der Waals surface area contributed by atoms with Gasteiger partial charge in [-0.1, -0.05) is 0 Å². The van der Waals surface area contributed by atoms with E-state index in [0.717, 1.165) is 0 Å². The Morgan fingerprint density at radius 3 is 2.00 bits per heavy atom. The van der Waals surface area contributed by atoms with Crippen molar-refractivity contribution in [1.29, 1.82) is 0 Å². The zero-order valence-electron chi connectivity index (χ0n) is 17.4. The van der Waals surface area contributed by atoms with Crippen molar-refractivity contribution in [2.24, 2.45) is 0 Å². The number of hydrogen-bond donors (Lipinski definition) is 1. The molecule has 2 rings (SSSR count). The molecule has 9 nitrogen and oxygen atoms in total. The summed E-state index contributed by atoms with van der Waals surface area (Å²) in [4.78, 5) is 23.6. The Labute approximate surface area is 191 Å². The number of benzene rings is 2. The number of methoxy groups -OCH3 is 1. The molecule has 174 valence electrons. The third-order valence-corrected chi connectivity index (χ3v) is 5.52. The number of rotatable bonds is 13. The highest BCUT2D eigenvalue weighted by Gasteiger charge is 2.19. The summed E-state index contributed by atoms with van der Waals surface area (Å²) in [6.45, 7) is 1.96. The quantitative estimate of drug-likeness (QED) is 0.261. The van der Waals surface area contributed by atoms with Crippen LogP contribution < -0.4 is 9.46 Å². The number of nitrogens with one attached hydrogen (secondary N) is 1. The van der Waals surface area contributed by atoms with E-state index >= 15 is 0 Å². The predicted molar refractivity (Wildman–Crippen MR) is 117 cm³/mol. The first-order valence-corrected chi connectivity index (χ1v) is 11.6. The first-order chi connectivity index (χ1) is 15.4. The monoisotopic (exact) mass is 485 g/mol. The van der Waals surface area contributed by atoms with Crippen LogP contribution in [-0.4, -0.2) is 66.3 Å². The minimum absolute atomic E-state index is 0.0780. The molecule has 0 saturated heterocycles. The van der Waals surface area contributed by atoms with Gasteiger partial charge in [-0.25, -0.2) is 17.9 Å². The maximum atomic E-state index is 12.5. The summed E-state index contributed by atoms with van der Waals surface area (Å²) in [5.41, 5.74) is 0.321. The van der Waals surface area contributed by atoms with Crippen LogP contribution in [0.2, 0.25) is 0 Å². The van der Waals surface area contributed by atoms with Crippen molar-refractivity contribution >= 4 is 33.5 Å². The number of esters is 1. The molecule has 0 spiro atoms. The van der Waals surface area contributed by atoms with E-state index in [-0.39, 0.29) is 22.6 Å². The van der Waals surface area contributed by atoms with E-state index < -0.39 is 21.9 Å². The zero-order chi connectivity index (χ0) is 23.4. The minimum atomic E-state index is -4.09. The summed E-state index contributed by atoms with van der Waals surface area (Å²) in [7, 11) is -2.85. The van der Waals surface area contributed by atoms with Gasteiger partial charge in [-0.3, -0.25) is 4.79 Å². The standard InChI is InChI=1S/C21H24ClNO8S/c1-28-21(25)17-4-2-16(3-5-17)20(24)23-32(26,27)19-8-6-18(7-9-19)31-15-14-30-13-12-29-11-10-22/h2-9H,10-15H2,1H3,(H,23,24). The fourth-order valence-corrected chi connectivity index (χ4v) is 3.51. The lowest BCUT2D eigenvalue weighted by atomic mass is 10.1. The second-order valence-corrected chi connectivity index (χ2v) is 8.30. The van der Waals surface area contributed by atoms with Crippen molar-refractivity contribution in [2.75, 3.05) is 46.0 Å². The van der Waals surface area contributed by atoms with Gasteiger partial charge in [-0.2, -0.15) is 0 Å². The van der Waals surface area contributed by atoms with Gasteiger partial charge in [-0.05, 0) is 48.5 Å². The van der Waals surface area contributed by atoms with Crippen molar-refractivity contribution in [3.05, 3.63) is 59.7 Å². The maximum Gasteiger partial charge on any atom is 0.337 e. The zero-order valence-corrected chi connectivity index (χ0v) is 19.0. The highest BCUT2D eigenvalue weighted by molar-refractivity contribution is 7.90. The molecule has 0 aliphatic rings. The van der Waals surface area contributed by atoms with Crippen LogP contribution in [0, 0.1) is 0 Å². The summed E-state index contributed by atoms with van der Waals surface area (Å²) < 4.78 is 47.5. The fourth-order valence-electron chi connectivity index (χ4n) is 2.43. The molecule has 2 aromatic rings. The van der Waals surface area contributed by atoms with Crippen LogP contribution in [0.25, 0.3) is 0 Å². The molecule has 0 unspecified atom stereocenters. The number of ether oxygens (including phenoxy) is 4. The van der Waals surface area contributed by atoms with E-state index in [4.69, 9.17) is 25.8 Å². The van der Waals surface area contributed by atoms with Gasteiger partial charge in [0.15, 0.2) is 0 Å². The molecule has 11 heteroatoms. The molecule has 32 heavy (non-hydrogen) atoms. The number of sulfonamides is 1. The fraction of sp³-hybridized carbons (Fsp3) is 0.333. The Bertz CT molecular complexity index is 978. The van der Waals surface area contributed by atoms with Gasteiger partial charge < -0.3 is 18.9 Å². The number of carbonyl (C=O) groups is 2. The number of amides is 1. The van der Waals surface area contributed by atoms with E-state index in [1.807, 2.05) is 4.72 Å². The Balaban J connectivity index is 1.84. The topological polar surface area (TPSA) is 117 Å². The number of alkyl halides is 1. The van der Waals surface area contributed by atoms with Gasteiger partial charge in [0.1, 0.15) is 12.4 Å². The summed E-state index contributed by atoms with van der Waals surface area (Å²) in [6.07, 6.45) is 0. The predicted octanol–water partition coefficient (Wildman–Crippen LogP) is 2.24. The van der Waals surface area contributed by atoms with Gasteiger partial charge in [0.25, 0.3) is 15.9 Å². The van der Waals surface area contributed by atoms with Crippen molar-refractivity contribution in [3.8, 4) is 5.75 Å². The number of halogens is 1. The molecular weight excluding hydrogens is 462 g/mol. The Morgan fingerprint density at radius 1 is 0.844 bits per heavy atom. The molecular formula is C21H24ClNO8S. The molecule has 0 fully saturated rings. The second kappa shape index (κ2) is 13.0. The normalized spacial score (nSPS) is 11.1. The SMILES string of the molecule is COC(=O)c1ccc(C(=O)NS(=O)(=O)c2ccc(OCCOCCOCCCl)cc2)cc1. The molecule has 0 aromatic heterocycles. The van der Waals surface area contributed by atoms with Crippen molar-refractivity contribution in [1.82, 2.24) is 4.72 Å². The lowest BCUT2D eigenvalue weighted by molar-refractivity contribution is 0.0410. The van der Waals surface area contributed by atoms with Crippen molar-refractivity contribution in [3.63, 3.8) is 0 Å². The highest BCUT2D eigenvalue weighted by Crippen LogP contribution is 2.16. The minimum Gasteiger partial charge on any atom is -0.491 e. The van der Waals surface area contributed by atoms with Crippen LogP contribution in [0.3, 0.4) is 0 Å². The molecule has 0 heterocycles. The summed E-state index contributed by atoms with van der Waals surface area (Å²) >= 11 is 5.48. The van der Waals surface area contributed by atoms with Gasteiger partial charge in [0, 0.05) is 11.4 Å². The van der Waals surface area contributed by atoms with E-state index in [2.05, 4.69) is 4.74 Å². The Morgan fingerprint density at radius 2 is 1.41 bits per heavy atom. The van der Waals surface area contributed by atoms with E-state index in [1.54, 1.807) is 0 Å². The summed E-state index contributed by atoms with van der Waals surface area (Å²) in [6, 6.07) is 11.0. The third kappa shape index (κ3) is 8.12. The second-order valence-electron chi connectivity index (χ2n) is 6.24. The average Bonchev–Trinajstić information content (AvgIpc) is 2.80. The van der Waals surface area contributed by atoms with Crippen molar-refractivity contribution in [2.45, 2.75) is 4.90 Å². The van der Waals surface area contributed by atoms with Gasteiger partial charge in [0.05, 0.1) is 44.0 Å². The first-order valence-electron chi connectivity index (χ1n) is 9.57. The van der Waals surface area contributed by atoms with Crippen LogP contribution in [0.1, 0.15) is 20.7 Å². The van der Waals surface area contributed by atoms with Crippen LogP contribution in [0.4, 0.5) is 0 Å². The van der Waals surface area contributed by atoms with Gasteiger partial charge in [-0.15, -0.1) is 11.6 Å². The van der Waals surface area contributed by atoms with Crippen LogP contribution in [-0.2, 0) is 24.2 Å². The maximum absolute atomic E-state index is 12.5. The molecule has 0 atom stereocenters. The van der Waals surface area contributed by atoms with E-state index in [0.29, 0.717) is 38.1 Å². The van der Waals surface area contributed by atoms with E-state index in [1.165, 1.54) is 55.6 Å². The lowest BCUT2D eigenvalue weighted by Gasteiger charge is -2.10. The highest BCUT2D eigenvalue weighted by atomic mass is 35.5. The third-order valence-electron chi connectivity index (χ3n) is 4.02. The molecule has 0 aliphatic heterocycles. The van der Waals surface area contributed by atoms with Gasteiger partial charge >= 0.3 is 5.97 Å². The number of carbonyl (C=O) groups excluding carboxylic acids is 2.